The molecule has 0 radical (unpaired) electrons. The number of nitrogens with one attached hydrogen (secondary N) is 1. The van der Waals surface area contributed by atoms with Crippen molar-refractivity contribution >= 4 is 43.5 Å². The molecule has 106 valence electrons. The molecule has 0 spiro atoms. The lowest BCUT2D eigenvalue weighted by atomic mass is 10.2. The van der Waals surface area contributed by atoms with E-state index in [0.717, 1.165) is 37.4 Å². The Morgan fingerprint density at radius 1 is 1.15 bits per heavy atom. The molecule has 1 N–H and O–H groups in total. The van der Waals surface area contributed by atoms with E-state index in [0.29, 0.717) is 6.54 Å². The van der Waals surface area contributed by atoms with Crippen molar-refractivity contribution in [3.8, 4) is 5.75 Å². The van der Waals surface area contributed by atoms with E-state index in [4.69, 9.17) is 16.3 Å². The zero-order chi connectivity index (χ0) is 14.5. The molecule has 20 heavy (non-hydrogen) atoms. The van der Waals surface area contributed by atoms with Gasteiger partial charge in [0, 0.05) is 28.1 Å². The van der Waals surface area contributed by atoms with Crippen LogP contribution >= 0.6 is 43.5 Å². The Kier molecular flexibility index (Phi) is 5.90. The standard InChI is InChI=1S/C15H14Br2ClNO/c1-20-15-11(6-12(16)7-14(15)17)9-19-8-10-3-2-4-13(18)5-10/h2-7,19H,8-9H2,1H3. The first-order valence-corrected chi connectivity index (χ1v) is 8.03. The molecule has 2 rings (SSSR count). The summed E-state index contributed by atoms with van der Waals surface area (Å²) in [5, 5.41) is 4.15. The van der Waals surface area contributed by atoms with E-state index in [1.165, 1.54) is 0 Å². The van der Waals surface area contributed by atoms with Crippen LogP contribution in [0.15, 0.2) is 45.3 Å². The lowest BCUT2D eigenvalue weighted by Crippen LogP contribution is -2.13. The van der Waals surface area contributed by atoms with Crippen LogP contribution in [0, 0.1) is 0 Å². The third-order valence-corrected chi connectivity index (χ3v) is 4.10. The number of hydrogen-bond donors (Lipinski definition) is 1. The van der Waals surface area contributed by atoms with Gasteiger partial charge in [-0.2, -0.15) is 0 Å². The lowest BCUT2D eigenvalue weighted by molar-refractivity contribution is 0.405. The van der Waals surface area contributed by atoms with Crippen molar-refractivity contribution in [2.45, 2.75) is 13.1 Å². The molecule has 0 unspecified atom stereocenters. The van der Waals surface area contributed by atoms with Crippen LogP contribution < -0.4 is 10.1 Å². The topological polar surface area (TPSA) is 21.3 Å². The summed E-state index contributed by atoms with van der Waals surface area (Å²) in [5.74, 6) is 0.854. The molecule has 0 saturated heterocycles. The number of benzene rings is 2. The van der Waals surface area contributed by atoms with Gasteiger partial charge in [0.25, 0.3) is 0 Å². The Morgan fingerprint density at radius 3 is 2.65 bits per heavy atom. The van der Waals surface area contributed by atoms with Gasteiger partial charge in [0.05, 0.1) is 11.6 Å². The Morgan fingerprint density at radius 2 is 1.95 bits per heavy atom. The van der Waals surface area contributed by atoms with Gasteiger partial charge in [-0.25, -0.2) is 0 Å². The normalized spacial score (nSPS) is 10.6. The van der Waals surface area contributed by atoms with Gasteiger partial charge in [-0.15, -0.1) is 0 Å². The second-order valence-corrected chi connectivity index (χ2v) is 6.52. The van der Waals surface area contributed by atoms with E-state index in [2.05, 4.69) is 43.2 Å². The van der Waals surface area contributed by atoms with Gasteiger partial charge in [0.1, 0.15) is 5.75 Å². The van der Waals surface area contributed by atoms with E-state index in [9.17, 15) is 0 Å². The predicted molar refractivity (Wildman–Crippen MR) is 90.4 cm³/mol. The number of hydrogen-bond acceptors (Lipinski definition) is 2. The van der Waals surface area contributed by atoms with Crippen LogP contribution in [0.2, 0.25) is 5.02 Å². The van der Waals surface area contributed by atoms with Crippen molar-refractivity contribution in [1.29, 1.82) is 0 Å². The van der Waals surface area contributed by atoms with Gasteiger partial charge in [0.15, 0.2) is 0 Å². The van der Waals surface area contributed by atoms with Gasteiger partial charge in [0.2, 0.25) is 0 Å². The second-order valence-electron chi connectivity index (χ2n) is 4.31. The molecular weight excluding hydrogens is 405 g/mol. The predicted octanol–water partition coefficient (Wildman–Crippen LogP) is 5.16. The van der Waals surface area contributed by atoms with Gasteiger partial charge >= 0.3 is 0 Å². The maximum atomic E-state index is 5.97. The van der Waals surface area contributed by atoms with E-state index in [-0.39, 0.29) is 0 Å². The minimum Gasteiger partial charge on any atom is -0.495 e. The smallest absolute Gasteiger partial charge is 0.137 e. The molecule has 0 saturated carbocycles. The third-order valence-electron chi connectivity index (χ3n) is 2.82. The highest BCUT2D eigenvalue weighted by atomic mass is 79.9. The number of methoxy groups -OCH3 is 1. The Hall–Kier alpha value is -0.550. The van der Waals surface area contributed by atoms with Gasteiger partial charge in [-0.05, 0) is 45.8 Å². The summed E-state index contributed by atoms with van der Waals surface area (Å²) in [7, 11) is 1.68. The Balaban J connectivity index is 2.04. The Labute approximate surface area is 140 Å². The zero-order valence-corrected chi connectivity index (χ0v) is 14.8. The van der Waals surface area contributed by atoms with Crippen LogP contribution in [0.1, 0.15) is 11.1 Å². The molecule has 0 aliphatic rings. The third kappa shape index (κ3) is 4.22. The monoisotopic (exact) mass is 417 g/mol. The fraction of sp³-hybridized carbons (Fsp3) is 0.200. The average molecular weight is 420 g/mol. The van der Waals surface area contributed by atoms with Crippen molar-refractivity contribution in [2.24, 2.45) is 0 Å². The van der Waals surface area contributed by atoms with Gasteiger partial charge in [-0.1, -0.05) is 39.7 Å². The molecule has 2 aromatic carbocycles. The van der Waals surface area contributed by atoms with Crippen LogP contribution in [-0.4, -0.2) is 7.11 Å². The fourth-order valence-corrected chi connectivity index (χ4v) is 3.65. The SMILES string of the molecule is COc1c(Br)cc(Br)cc1CNCc1cccc(Cl)c1. The maximum Gasteiger partial charge on any atom is 0.137 e. The summed E-state index contributed by atoms with van der Waals surface area (Å²) in [4.78, 5) is 0. The van der Waals surface area contributed by atoms with Crippen molar-refractivity contribution in [1.82, 2.24) is 5.32 Å². The molecule has 5 heteroatoms. The van der Waals surface area contributed by atoms with E-state index < -0.39 is 0 Å². The number of ether oxygens (including phenoxy) is 1. The van der Waals surface area contributed by atoms with E-state index >= 15 is 0 Å². The molecule has 0 aliphatic carbocycles. The summed E-state index contributed by atoms with van der Waals surface area (Å²) in [6, 6.07) is 11.9. The first-order chi connectivity index (χ1) is 9.60. The van der Waals surface area contributed by atoms with Gasteiger partial charge in [-0.3, -0.25) is 0 Å². The van der Waals surface area contributed by atoms with Crippen LogP contribution in [0.25, 0.3) is 0 Å². The van der Waals surface area contributed by atoms with Crippen molar-refractivity contribution in [3.05, 3.63) is 61.5 Å². The van der Waals surface area contributed by atoms with Crippen LogP contribution in [0.5, 0.6) is 5.75 Å². The molecule has 0 bridgehead atoms. The molecule has 2 aromatic rings. The summed E-state index contributed by atoms with van der Waals surface area (Å²) in [5.41, 5.74) is 2.25. The molecular formula is C15H14Br2ClNO. The van der Waals surface area contributed by atoms with Gasteiger partial charge < -0.3 is 10.1 Å². The highest BCUT2D eigenvalue weighted by Crippen LogP contribution is 2.32. The highest BCUT2D eigenvalue weighted by Gasteiger charge is 2.08. The molecule has 0 heterocycles. The lowest BCUT2D eigenvalue weighted by Gasteiger charge is -2.12. The van der Waals surface area contributed by atoms with Crippen LogP contribution in [0.3, 0.4) is 0 Å². The van der Waals surface area contributed by atoms with Crippen molar-refractivity contribution < 1.29 is 4.74 Å². The van der Waals surface area contributed by atoms with E-state index in [1.807, 2.05) is 30.3 Å². The fourth-order valence-electron chi connectivity index (χ4n) is 1.96. The molecule has 0 aliphatic heterocycles. The minimum absolute atomic E-state index is 0.716. The molecule has 0 atom stereocenters. The molecule has 0 fully saturated rings. The minimum atomic E-state index is 0.716. The van der Waals surface area contributed by atoms with Crippen LogP contribution in [-0.2, 0) is 13.1 Å². The maximum absolute atomic E-state index is 5.97. The summed E-state index contributed by atoms with van der Waals surface area (Å²) in [6.45, 7) is 1.47. The number of rotatable bonds is 5. The molecule has 2 nitrogen and oxygen atoms in total. The summed E-state index contributed by atoms with van der Waals surface area (Å²) >= 11 is 13.0. The van der Waals surface area contributed by atoms with E-state index in [1.54, 1.807) is 7.11 Å². The van der Waals surface area contributed by atoms with Crippen LogP contribution in [0.4, 0.5) is 0 Å². The largest absolute Gasteiger partial charge is 0.495 e. The van der Waals surface area contributed by atoms with Crippen molar-refractivity contribution in [2.75, 3.05) is 7.11 Å². The number of halogens is 3. The first kappa shape index (κ1) is 15.8. The highest BCUT2D eigenvalue weighted by molar-refractivity contribution is 9.11. The molecule has 0 aromatic heterocycles. The second kappa shape index (κ2) is 7.46. The first-order valence-electron chi connectivity index (χ1n) is 6.07. The zero-order valence-electron chi connectivity index (χ0n) is 10.9. The molecule has 0 amide bonds. The summed E-state index contributed by atoms with van der Waals surface area (Å²) in [6.07, 6.45) is 0. The van der Waals surface area contributed by atoms with Crippen molar-refractivity contribution in [3.63, 3.8) is 0 Å². The average Bonchev–Trinajstić information content (AvgIpc) is 2.38. The quantitative estimate of drug-likeness (QED) is 0.723. The Bertz CT molecular complexity index is 604. The summed E-state index contributed by atoms with van der Waals surface area (Å²) < 4.78 is 7.38.